The summed E-state index contributed by atoms with van der Waals surface area (Å²) in [4.78, 5) is 38.1. The van der Waals surface area contributed by atoms with Gasteiger partial charge in [-0.25, -0.2) is 0 Å². The number of hydrogen-bond donors (Lipinski definition) is 0. The summed E-state index contributed by atoms with van der Waals surface area (Å²) < 4.78 is 16.8. The second kappa shape index (κ2) is 58.2. The Morgan fingerprint density at radius 2 is 0.614 bits per heavy atom. The zero-order valence-electron chi connectivity index (χ0n) is 46.0. The summed E-state index contributed by atoms with van der Waals surface area (Å²) in [6.07, 6.45) is 76.1. The van der Waals surface area contributed by atoms with Gasteiger partial charge < -0.3 is 14.2 Å². The maximum Gasteiger partial charge on any atom is 0.306 e. The molecule has 6 heteroatoms. The van der Waals surface area contributed by atoms with E-state index in [9.17, 15) is 14.4 Å². The van der Waals surface area contributed by atoms with Crippen LogP contribution >= 0.6 is 0 Å². The molecule has 0 rings (SSSR count). The molecule has 0 aliphatic rings. The SMILES string of the molecule is CC/C=C\C/C=C\C/C=C\C/C=C\C/C=C\C/C=C\CCC(=O)OC(COC(=O)CCCCCCC/C=C\CCC)COC(=O)CCCCCCCCCCCCCCCCCCCCCCCCC. The molecule has 402 valence electrons. The molecule has 0 aromatic heterocycles. The Hall–Kier alpha value is -3.41. The zero-order valence-corrected chi connectivity index (χ0v) is 46.0. The van der Waals surface area contributed by atoms with Crippen molar-refractivity contribution in [2.24, 2.45) is 0 Å². The highest BCUT2D eigenvalue weighted by molar-refractivity contribution is 5.71. The Morgan fingerprint density at radius 1 is 0.300 bits per heavy atom. The Morgan fingerprint density at radius 3 is 0.986 bits per heavy atom. The molecule has 1 unspecified atom stereocenters. The van der Waals surface area contributed by atoms with E-state index < -0.39 is 12.1 Å². The van der Waals surface area contributed by atoms with Gasteiger partial charge in [0.05, 0.1) is 0 Å². The fourth-order valence-electron chi connectivity index (χ4n) is 8.24. The molecule has 0 aliphatic heterocycles. The van der Waals surface area contributed by atoms with Crippen LogP contribution in [0.3, 0.4) is 0 Å². The fourth-order valence-corrected chi connectivity index (χ4v) is 8.24. The summed E-state index contributed by atoms with van der Waals surface area (Å²) >= 11 is 0. The van der Waals surface area contributed by atoms with Crippen LogP contribution in [-0.4, -0.2) is 37.2 Å². The molecule has 0 saturated heterocycles. The normalized spacial score (nSPS) is 12.7. The minimum absolute atomic E-state index is 0.107. The van der Waals surface area contributed by atoms with Crippen molar-refractivity contribution in [2.75, 3.05) is 13.2 Å². The molecule has 0 bridgehead atoms. The van der Waals surface area contributed by atoms with Gasteiger partial charge >= 0.3 is 17.9 Å². The monoisotopic (exact) mass is 975 g/mol. The van der Waals surface area contributed by atoms with E-state index in [1.807, 2.05) is 6.08 Å². The number of rotatable bonds is 53. The molecular weight excluding hydrogens is 865 g/mol. The summed E-state index contributed by atoms with van der Waals surface area (Å²) in [5, 5.41) is 0. The highest BCUT2D eigenvalue weighted by Crippen LogP contribution is 2.16. The molecule has 1 atom stereocenters. The highest BCUT2D eigenvalue weighted by Gasteiger charge is 2.19. The van der Waals surface area contributed by atoms with Crippen LogP contribution in [0, 0.1) is 0 Å². The molecule has 6 nitrogen and oxygen atoms in total. The van der Waals surface area contributed by atoms with Gasteiger partial charge in [-0.15, -0.1) is 0 Å². The third-order valence-electron chi connectivity index (χ3n) is 12.6. The molecule has 0 amide bonds. The van der Waals surface area contributed by atoms with E-state index in [4.69, 9.17) is 14.2 Å². The number of hydrogen-bond acceptors (Lipinski definition) is 6. The van der Waals surface area contributed by atoms with Gasteiger partial charge in [0.25, 0.3) is 0 Å². The van der Waals surface area contributed by atoms with Crippen LogP contribution in [0.2, 0.25) is 0 Å². The largest absolute Gasteiger partial charge is 0.462 e. The Bertz CT molecular complexity index is 1350. The quantitative estimate of drug-likeness (QED) is 0.0261. The van der Waals surface area contributed by atoms with Crippen molar-refractivity contribution in [3.8, 4) is 0 Å². The molecule has 0 N–H and O–H groups in total. The van der Waals surface area contributed by atoms with Crippen molar-refractivity contribution in [3.63, 3.8) is 0 Å². The van der Waals surface area contributed by atoms with Crippen LogP contribution in [0.4, 0.5) is 0 Å². The lowest BCUT2D eigenvalue weighted by Gasteiger charge is -2.18. The minimum Gasteiger partial charge on any atom is -0.462 e. The van der Waals surface area contributed by atoms with Crippen molar-refractivity contribution in [3.05, 3.63) is 85.1 Å². The number of carbonyl (C=O) groups excluding carboxylic acids is 3. The number of ether oxygens (including phenoxy) is 3. The Labute approximate surface area is 433 Å². The molecule has 0 fully saturated rings. The molecule has 0 aliphatic carbocycles. The minimum atomic E-state index is -0.819. The fraction of sp³-hybridized carbons (Fsp3) is 0.734. The van der Waals surface area contributed by atoms with E-state index in [1.54, 1.807) is 0 Å². The van der Waals surface area contributed by atoms with Crippen LogP contribution in [-0.2, 0) is 28.6 Å². The van der Waals surface area contributed by atoms with Gasteiger partial charge in [0, 0.05) is 19.3 Å². The second-order valence-electron chi connectivity index (χ2n) is 19.5. The molecule has 0 spiro atoms. The summed E-state index contributed by atoms with van der Waals surface area (Å²) in [6.45, 7) is 6.42. The lowest BCUT2D eigenvalue weighted by Crippen LogP contribution is -2.30. The Balaban J connectivity index is 4.34. The first-order valence-corrected chi connectivity index (χ1v) is 29.6. The average Bonchev–Trinajstić information content (AvgIpc) is 3.36. The van der Waals surface area contributed by atoms with Crippen LogP contribution in [0.15, 0.2) is 85.1 Å². The van der Waals surface area contributed by atoms with Gasteiger partial charge in [0.15, 0.2) is 6.10 Å². The number of esters is 3. The predicted molar refractivity (Wildman–Crippen MR) is 302 cm³/mol. The topological polar surface area (TPSA) is 78.9 Å². The highest BCUT2D eigenvalue weighted by atomic mass is 16.6. The molecule has 0 saturated carbocycles. The standard InChI is InChI=1S/C64H110O6/c1-4-7-10-13-16-19-22-24-26-28-30-31-32-33-35-36-38-40-42-45-48-51-54-57-63(66)69-60-61(59-68-62(65)56-53-50-47-44-21-18-15-12-9-6-3)70-64(67)58-55-52-49-46-43-41-39-37-34-29-27-25-23-20-17-14-11-8-5-2/h8,11-12,15,17,20,25,27,34,37,41,43,49,52,61H,4-7,9-10,13-14,16,18-19,21-24,26,28-33,35-36,38-40,42,44-48,50-51,53-60H2,1-3H3/b11-8-,15-12-,20-17-,27-25-,37-34-,43-41-,52-49-. The van der Waals surface area contributed by atoms with Gasteiger partial charge in [-0.1, -0.05) is 273 Å². The van der Waals surface area contributed by atoms with Gasteiger partial charge in [-0.05, 0) is 77.0 Å². The van der Waals surface area contributed by atoms with Gasteiger partial charge in [0.1, 0.15) is 13.2 Å². The summed E-state index contributed by atoms with van der Waals surface area (Å²) in [5.74, 6) is -0.997. The van der Waals surface area contributed by atoms with Crippen LogP contribution in [0.25, 0.3) is 0 Å². The number of allylic oxidation sites excluding steroid dienone is 14. The zero-order chi connectivity index (χ0) is 50.7. The van der Waals surface area contributed by atoms with Gasteiger partial charge in [-0.2, -0.15) is 0 Å². The van der Waals surface area contributed by atoms with E-state index >= 15 is 0 Å². The maximum atomic E-state index is 12.8. The van der Waals surface area contributed by atoms with Crippen molar-refractivity contribution < 1.29 is 28.6 Å². The third kappa shape index (κ3) is 55.5. The van der Waals surface area contributed by atoms with E-state index in [0.717, 1.165) is 96.3 Å². The summed E-state index contributed by atoms with van der Waals surface area (Å²) in [6, 6.07) is 0. The molecule has 0 radical (unpaired) electrons. The van der Waals surface area contributed by atoms with Gasteiger partial charge in [-0.3, -0.25) is 14.4 Å². The first-order valence-electron chi connectivity index (χ1n) is 29.6. The molecular formula is C64H110O6. The number of unbranched alkanes of at least 4 members (excludes halogenated alkanes) is 28. The second-order valence-corrected chi connectivity index (χ2v) is 19.5. The van der Waals surface area contributed by atoms with Crippen molar-refractivity contribution in [1.82, 2.24) is 0 Å². The van der Waals surface area contributed by atoms with Crippen LogP contribution < -0.4 is 0 Å². The third-order valence-corrected chi connectivity index (χ3v) is 12.6. The van der Waals surface area contributed by atoms with Crippen molar-refractivity contribution in [2.45, 2.75) is 290 Å². The first-order chi connectivity index (χ1) is 34.5. The van der Waals surface area contributed by atoms with Crippen molar-refractivity contribution in [1.29, 1.82) is 0 Å². The first kappa shape index (κ1) is 66.6. The van der Waals surface area contributed by atoms with E-state index in [2.05, 4.69) is 99.8 Å². The molecule has 70 heavy (non-hydrogen) atoms. The molecule has 0 aromatic carbocycles. The van der Waals surface area contributed by atoms with Crippen molar-refractivity contribution >= 4 is 17.9 Å². The lowest BCUT2D eigenvalue weighted by atomic mass is 10.0. The smallest absolute Gasteiger partial charge is 0.306 e. The summed E-state index contributed by atoms with van der Waals surface area (Å²) in [5.41, 5.74) is 0. The van der Waals surface area contributed by atoms with E-state index in [1.165, 1.54) is 141 Å². The lowest BCUT2D eigenvalue weighted by molar-refractivity contribution is -0.166. The van der Waals surface area contributed by atoms with Crippen LogP contribution in [0.5, 0.6) is 0 Å². The summed E-state index contributed by atoms with van der Waals surface area (Å²) in [7, 11) is 0. The Kier molecular flexibility index (Phi) is 55.3. The average molecular weight is 976 g/mol. The molecule has 0 heterocycles. The number of carbonyl (C=O) groups is 3. The molecule has 0 aromatic rings. The van der Waals surface area contributed by atoms with E-state index in [0.29, 0.717) is 19.3 Å². The predicted octanol–water partition coefficient (Wildman–Crippen LogP) is 19.9. The van der Waals surface area contributed by atoms with Crippen LogP contribution in [0.1, 0.15) is 284 Å². The van der Waals surface area contributed by atoms with E-state index in [-0.39, 0.29) is 31.6 Å². The van der Waals surface area contributed by atoms with Gasteiger partial charge in [0.2, 0.25) is 0 Å². The maximum absolute atomic E-state index is 12.8.